The van der Waals surface area contributed by atoms with Crippen molar-refractivity contribution < 1.29 is 39.8 Å². The van der Waals surface area contributed by atoms with E-state index in [1.54, 1.807) is 6.08 Å². The fraction of sp³-hybridized carbons (Fsp3) is 0.894. The minimum absolute atomic E-state index is 0.181. The maximum absolute atomic E-state index is 13.1. The Bertz CT molecular complexity index is 1270. The molecule has 6 N–H and O–H groups in total. The third-order valence-corrected chi connectivity index (χ3v) is 15.7. The maximum atomic E-state index is 13.1. The molecule has 1 aliphatic rings. The van der Waals surface area contributed by atoms with Gasteiger partial charge in [-0.2, -0.15) is 0 Å². The predicted molar refractivity (Wildman–Crippen MR) is 318 cm³/mol. The van der Waals surface area contributed by atoms with Gasteiger partial charge < -0.3 is 40.3 Å². The largest absolute Gasteiger partial charge is 0.394 e. The van der Waals surface area contributed by atoms with Crippen molar-refractivity contribution in [3.05, 3.63) is 36.5 Å². The van der Waals surface area contributed by atoms with Gasteiger partial charge >= 0.3 is 0 Å². The smallest absolute Gasteiger partial charge is 0.220 e. The minimum atomic E-state index is -1.57. The fourth-order valence-electron chi connectivity index (χ4n) is 10.5. The molecule has 75 heavy (non-hydrogen) atoms. The summed E-state index contributed by atoms with van der Waals surface area (Å²) in [5.41, 5.74) is 0. The molecular weight excluding hydrogens is 935 g/mol. The Kier molecular flexibility index (Phi) is 53.1. The molecule has 1 saturated heterocycles. The summed E-state index contributed by atoms with van der Waals surface area (Å²) < 4.78 is 11.3. The standard InChI is InChI=1S/C66H125NO8/c1-3-5-7-9-11-13-15-17-19-21-23-24-25-26-27-28-29-30-31-32-33-34-35-36-38-40-42-44-46-48-50-52-54-56-62(70)67-59(58-74-66-65(73)64(72)63(71)61(57-68)75-66)60(69)55-53-51-49-47-45-43-41-39-37-22-20-18-16-14-12-10-8-6-4-2/h26-27,45,47,53,55,59-61,63-66,68-69,71-73H,3-25,28-44,46,48-52,54,56-58H2,1-2H3,(H,67,70)/b27-26-,47-45+,55-53+. The summed E-state index contributed by atoms with van der Waals surface area (Å²) in [6, 6.07) is -0.821. The highest BCUT2D eigenvalue weighted by Crippen LogP contribution is 2.23. The Hall–Kier alpha value is -1.59. The molecule has 0 spiro atoms. The Labute approximate surface area is 463 Å². The van der Waals surface area contributed by atoms with Crippen LogP contribution in [0.4, 0.5) is 0 Å². The molecule has 7 unspecified atom stereocenters. The average molecular weight is 1060 g/mol. The molecule has 0 saturated carbocycles. The zero-order valence-corrected chi connectivity index (χ0v) is 49.3. The predicted octanol–water partition coefficient (Wildman–Crippen LogP) is 17.1. The van der Waals surface area contributed by atoms with Crippen molar-refractivity contribution in [2.45, 2.75) is 365 Å². The lowest BCUT2D eigenvalue weighted by molar-refractivity contribution is -0.302. The lowest BCUT2D eigenvalue weighted by Gasteiger charge is -2.40. The third-order valence-electron chi connectivity index (χ3n) is 15.7. The van der Waals surface area contributed by atoms with Gasteiger partial charge in [-0.25, -0.2) is 0 Å². The second-order valence-electron chi connectivity index (χ2n) is 22.9. The zero-order valence-electron chi connectivity index (χ0n) is 49.3. The molecule has 9 heteroatoms. The Morgan fingerprint density at radius 1 is 0.440 bits per heavy atom. The number of carbonyl (C=O) groups excluding carboxylic acids is 1. The van der Waals surface area contributed by atoms with E-state index in [9.17, 15) is 30.3 Å². The van der Waals surface area contributed by atoms with Gasteiger partial charge in [0.15, 0.2) is 6.29 Å². The summed E-state index contributed by atoms with van der Waals surface area (Å²) in [5, 5.41) is 54.6. The van der Waals surface area contributed by atoms with Gasteiger partial charge in [0, 0.05) is 6.42 Å². The summed E-state index contributed by atoms with van der Waals surface area (Å²) in [6.45, 7) is 3.80. The highest BCUT2D eigenvalue weighted by Gasteiger charge is 2.44. The monoisotopic (exact) mass is 1060 g/mol. The summed E-state index contributed by atoms with van der Waals surface area (Å²) in [5.74, 6) is -0.181. The molecule has 1 fully saturated rings. The van der Waals surface area contributed by atoms with E-state index in [1.807, 2.05) is 6.08 Å². The van der Waals surface area contributed by atoms with Gasteiger partial charge in [-0.3, -0.25) is 4.79 Å². The van der Waals surface area contributed by atoms with Crippen LogP contribution in [-0.2, 0) is 14.3 Å². The van der Waals surface area contributed by atoms with E-state index < -0.39 is 49.5 Å². The number of hydrogen-bond acceptors (Lipinski definition) is 8. The molecule has 0 radical (unpaired) electrons. The van der Waals surface area contributed by atoms with Crippen LogP contribution >= 0.6 is 0 Å². The first-order valence-electron chi connectivity index (χ1n) is 32.7. The molecular formula is C66H125NO8. The number of carbonyl (C=O) groups is 1. The van der Waals surface area contributed by atoms with Crippen molar-refractivity contribution in [2.75, 3.05) is 13.2 Å². The fourth-order valence-corrected chi connectivity index (χ4v) is 10.5. The third kappa shape index (κ3) is 44.9. The van der Waals surface area contributed by atoms with Gasteiger partial charge in [0.1, 0.15) is 24.4 Å². The Balaban J connectivity index is 2.13. The van der Waals surface area contributed by atoms with Crippen LogP contribution in [0.5, 0.6) is 0 Å². The van der Waals surface area contributed by atoms with E-state index in [2.05, 4.69) is 43.5 Å². The van der Waals surface area contributed by atoms with Gasteiger partial charge in [-0.15, -0.1) is 0 Å². The van der Waals surface area contributed by atoms with Crippen molar-refractivity contribution in [3.8, 4) is 0 Å². The van der Waals surface area contributed by atoms with Crippen molar-refractivity contribution in [1.82, 2.24) is 5.32 Å². The normalized spacial score (nSPS) is 19.1. The quantitative estimate of drug-likeness (QED) is 0.0261. The number of nitrogens with one attached hydrogen (secondary N) is 1. The molecule has 0 aromatic heterocycles. The van der Waals surface area contributed by atoms with E-state index in [1.165, 1.54) is 263 Å². The molecule has 0 aromatic rings. The maximum Gasteiger partial charge on any atom is 0.220 e. The molecule has 9 nitrogen and oxygen atoms in total. The van der Waals surface area contributed by atoms with Gasteiger partial charge in [-0.05, 0) is 57.8 Å². The van der Waals surface area contributed by atoms with Gasteiger partial charge in [0.2, 0.25) is 5.91 Å². The van der Waals surface area contributed by atoms with Crippen molar-refractivity contribution >= 4 is 5.91 Å². The van der Waals surface area contributed by atoms with Crippen LogP contribution in [-0.4, -0.2) is 87.5 Å². The van der Waals surface area contributed by atoms with Crippen LogP contribution in [0.3, 0.4) is 0 Å². The number of ether oxygens (including phenoxy) is 2. The first kappa shape index (κ1) is 71.4. The van der Waals surface area contributed by atoms with E-state index in [0.29, 0.717) is 6.42 Å². The molecule has 1 rings (SSSR count). The lowest BCUT2D eigenvalue weighted by atomic mass is 9.99. The number of allylic oxidation sites excluding steroid dienone is 5. The number of aliphatic hydroxyl groups excluding tert-OH is 5. The van der Waals surface area contributed by atoms with Gasteiger partial charge in [-0.1, -0.05) is 294 Å². The molecule has 1 amide bonds. The van der Waals surface area contributed by atoms with Crippen molar-refractivity contribution in [1.29, 1.82) is 0 Å². The van der Waals surface area contributed by atoms with E-state index in [4.69, 9.17) is 9.47 Å². The van der Waals surface area contributed by atoms with E-state index in [-0.39, 0.29) is 12.5 Å². The highest BCUT2D eigenvalue weighted by atomic mass is 16.7. The van der Waals surface area contributed by atoms with Gasteiger partial charge in [0.25, 0.3) is 0 Å². The molecule has 0 aromatic carbocycles. The number of amides is 1. The van der Waals surface area contributed by atoms with Crippen LogP contribution < -0.4 is 5.32 Å². The zero-order chi connectivity index (χ0) is 54.3. The van der Waals surface area contributed by atoms with Crippen LogP contribution in [0.25, 0.3) is 0 Å². The summed E-state index contributed by atoms with van der Waals surface area (Å²) in [6.07, 6.45) is 66.7. The van der Waals surface area contributed by atoms with Crippen molar-refractivity contribution in [3.63, 3.8) is 0 Å². The first-order valence-corrected chi connectivity index (χ1v) is 32.7. The second-order valence-corrected chi connectivity index (χ2v) is 22.9. The molecule has 7 atom stereocenters. The van der Waals surface area contributed by atoms with Gasteiger partial charge in [0.05, 0.1) is 25.4 Å². The second kappa shape index (κ2) is 55.7. The minimum Gasteiger partial charge on any atom is -0.394 e. The molecule has 1 heterocycles. The van der Waals surface area contributed by atoms with Crippen LogP contribution in [0.1, 0.15) is 322 Å². The first-order chi connectivity index (χ1) is 36.8. The highest BCUT2D eigenvalue weighted by molar-refractivity contribution is 5.76. The van der Waals surface area contributed by atoms with E-state index in [0.717, 1.165) is 38.5 Å². The van der Waals surface area contributed by atoms with E-state index >= 15 is 0 Å². The van der Waals surface area contributed by atoms with Crippen LogP contribution in [0.2, 0.25) is 0 Å². The molecule has 442 valence electrons. The number of hydrogen-bond donors (Lipinski definition) is 6. The summed E-state index contributed by atoms with van der Waals surface area (Å²) in [4.78, 5) is 13.1. The van der Waals surface area contributed by atoms with Crippen molar-refractivity contribution in [2.24, 2.45) is 0 Å². The molecule has 1 aliphatic heterocycles. The number of aliphatic hydroxyl groups is 5. The topological polar surface area (TPSA) is 149 Å². The van der Waals surface area contributed by atoms with Crippen LogP contribution in [0, 0.1) is 0 Å². The molecule has 0 bridgehead atoms. The summed E-state index contributed by atoms with van der Waals surface area (Å²) >= 11 is 0. The average Bonchev–Trinajstić information content (AvgIpc) is 3.41. The summed E-state index contributed by atoms with van der Waals surface area (Å²) in [7, 11) is 0. The Morgan fingerprint density at radius 2 is 0.760 bits per heavy atom. The number of rotatable bonds is 57. The Morgan fingerprint density at radius 3 is 1.12 bits per heavy atom. The number of unbranched alkanes of at least 4 members (excludes halogenated alkanes) is 43. The van der Waals surface area contributed by atoms with Crippen LogP contribution in [0.15, 0.2) is 36.5 Å². The SMILES string of the molecule is CCCCCCCCCCCCCC/C=C\CCCCCCCCCCCCCCCCCCCC(=O)NC(COC1OC(CO)C(O)C(O)C1O)C(O)/C=C/CC/C=C/CCCCCCCCCCCCCCC. The lowest BCUT2D eigenvalue weighted by Crippen LogP contribution is -2.60. The molecule has 0 aliphatic carbocycles.